The van der Waals surface area contributed by atoms with Gasteiger partial charge in [-0.1, -0.05) is 30.5 Å². The molecule has 1 amide bonds. The second-order valence-corrected chi connectivity index (χ2v) is 8.16. The SMILES string of the molecule is O=C(C1=C(O)C(=O)N(C2CCCC2)C1c1cccnc1)c1cc2cc(Cl)ccc2o1. The maximum atomic E-state index is 13.5. The molecule has 2 aromatic heterocycles. The molecule has 0 radical (unpaired) electrons. The van der Waals surface area contributed by atoms with Crippen molar-refractivity contribution >= 4 is 34.3 Å². The number of hydrogen-bond acceptors (Lipinski definition) is 5. The van der Waals surface area contributed by atoms with Crippen LogP contribution < -0.4 is 0 Å². The maximum absolute atomic E-state index is 13.5. The number of aromatic nitrogens is 1. The lowest BCUT2D eigenvalue weighted by atomic mass is 9.95. The van der Waals surface area contributed by atoms with E-state index >= 15 is 0 Å². The summed E-state index contributed by atoms with van der Waals surface area (Å²) in [5.41, 5.74) is 1.23. The van der Waals surface area contributed by atoms with E-state index in [0.29, 0.717) is 21.6 Å². The van der Waals surface area contributed by atoms with Crippen LogP contribution in [0, 0.1) is 0 Å². The Morgan fingerprint density at radius 1 is 1.20 bits per heavy atom. The molecule has 0 bridgehead atoms. The summed E-state index contributed by atoms with van der Waals surface area (Å²) in [6.07, 6.45) is 6.99. The van der Waals surface area contributed by atoms with Gasteiger partial charge in [-0.3, -0.25) is 14.6 Å². The summed E-state index contributed by atoms with van der Waals surface area (Å²) in [5, 5.41) is 12.0. The van der Waals surface area contributed by atoms with Crippen LogP contribution in [0.2, 0.25) is 5.02 Å². The number of aliphatic hydroxyl groups is 1. The van der Waals surface area contributed by atoms with E-state index in [1.54, 1.807) is 47.6 Å². The number of amides is 1. The third-order valence-corrected chi connectivity index (χ3v) is 6.14. The van der Waals surface area contributed by atoms with Crippen LogP contribution in [-0.4, -0.2) is 32.7 Å². The Bertz CT molecular complexity index is 1180. The zero-order chi connectivity index (χ0) is 20.8. The van der Waals surface area contributed by atoms with Gasteiger partial charge in [0, 0.05) is 28.8 Å². The maximum Gasteiger partial charge on any atom is 0.290 e. The molecule has 152 valence electrons. The number of hydrogen-bond donors (Lipinski definition) is 1. The molecular formula is C23H19ClN2O4. The average molecular weight is 423 g/mol. The molecular weight excluding hydrogens is 404 g/mol. The molecule has 0 saturated heterocycles. The van der Waals surface area contributed by atoms with Crippen molar-refractivity contribution in [2.75, 3.05) is 0 Å². The fourth-order valence-corrected chi connectivity index (χ4v) is 4.72. The van der Waals surface area contributed by atoms with Gasteiger partial charge in [-0.2, -0.15) is 0 Å². The molecule has 1 aliphatic carbocycles. The van der Waals surface area contributed by atoms with Crippen molar-refractivity contribution in [2.24, 2.45) is 0 Å². The highest BCUT2D eigenvalue weighted by Crippen LogP contribution is 2.43. The van der Waals surface area contributed by atoms with Crippen LogP contribution in [0.15, 0.2) is 64.5 Å². The Morgan fingerprint density at radius 3 is 2.73 bits per heavy atom. The fraction of sp³-hybridized carbons (Fsp3) is 0.261. The van der Waals surface area contributed by atoms with Gasteiger partial charge >= 0.3 is 0 Å². The van der Waals surface area contributed by atoms with Crippen LogP contribution in [0.3, 0.4) is 0 Å². The molecule has 30 heavy (non-hydrogen) atoms. The van der Waals surface area contributed by atoms with Crippen LogP contribution >= 0.6 is 11.6 Å². The highest BCUT2D eigenvalue weighted by atomic mass is 35.5. The average Bonchev–Trinajstić information content (AvgIpc) is 3.47. The number of Topliss-reactive ketones (excluding diaryl/α,β-unsaturated/α-hetero) is 1. The minimum absolute atomic E-state index is 0.0235. The van der Waals surface area contributed by atoms with Gasteiger partial charge in [0.2, 0.25) is 5.78 Å². The van der Waals surface area contributed by atoms with E-state index in [0.717, 1.165) is 25.7 Å². The van der Waals surface area contributed by atoms with Gasteiger partial charge < -0.3 is 14.4 Å². The first-order chi connectivity index (χ1) is 14.5. The molecule has 1 fully saturated rings. The number of ketones is 1. The summed E-state index contributed by atoms with van der Waals surface area (Å²) in [6.45, 7) is 0. The van der Waals surface area contributed by atoms with Crippen molar-refractivity contribution in [3.05, 3.63) is 76.5 Å². The van der Waals surface area contributed by atoms with E-state index in [1.165, 1.54) is 0 Å². The zero-order valence-corrected chi connectivity index (χ0v) is 16.8. The van der Waals surface area contributed by atoms with E-state index in [9.17, 15) is 14.7 Å². The van der Waals surface area contributed by atoms with Crippen molar-refractivity contribution < 1.29 is 19.1 Å². The number of aliphatic hydroxyl groups excluding tert-OH is 1. The molecule has 3 heterocycles. The number of halogens is 1. The van der Waals surface area contributed by atoms with Crippen molar-refractivity contribution in [2.45, 2.75) is 37.8 Å². The Morgan fingerprint density at radius 2 is 2.00 bits per heavy atom. The number of nitrogens with zero attached hydrogens (tertiary/aromatic N) is 2. The quantitative estimate of drug-likeness (QED) is 0.598. The Hall–Kier alpha value is -3.12. The lowest BCUT2D eigenvalue weighted by Crippen LogP contribution is -2.38. The molecule has 5 rings (SSSR count). The smallest absolute Gasteiger partial charge is 0.290 e. The topological polar surface area (TPSA) is 83.6 Å². The molecule has 1 N–H and O–H groups in total. The molecule has 1 atom stereocenters. The number of fused-ring (bicyclic) bond motifs is 1. The molecule has 0 spiro atoms. The molecule has 6 nitrogen and oxygen atoms in total. The van der Waals surface area contributed by atoms with Gasteiger partial charge in [0.05, 0.1) is 11.6 Å². The van der Waals surface area contributed by atoms with Crippen LogP contribution in [0.25, 0.3) is 11.0 Å². The van der Waals surface area contributed by atoms with E-state index in [1.807, 2.05) is 6.07 Å². The number of benzene rings is 1. The molecule has 1 unspecified atom stereocenters. The first-order valence-corrected chi connectivity index (χ1v) is 10.3. The minimum atomic E-state index is -0.696. The van der Waals surface area contributed by atoms with Gasteiger partial charge in [0.25, 0.3) is 5.91 Å². The van der Waals surface area contributed by atoms with E-state index in [4.69, 9.17) is 16.0 Å². The van der Waals surface area contributed by atoms with Gasteiger partial charge in [0.1, 0.15) is 5.58 Å². The molecule has 1 aliphatic heterocycles. The number of furan rings is 1. The van der Waals surface area contributed by atoms with Gasteiger partial charge in [-0.15, -0.1) is 0 Å². The highest BCUT2D eigenvalue weighted by molar-refractivity contribution is 6.31. The predicted octanol–water partition coefficient (Wildman–Crippen LogP) is 5.00. The van der Waals surface area contributed by atoms with Crippen molar-refractivity contribution in [3.63, 3.8) is 0 Å². The van der Waals surface area contributed by atoms with Crippen molar-refractivity contribution in [1.29, 1.82) is 0 Å². The van der Waals surface area contributed by atoms with Crippen molar-refractivity contribution in [1.82, 2.24) is 9.88 Å². The Labute approximate surface area is 177 Å². The molecule has 1 aromatic carbocycles. The third kappa shape index (κ3) is 2.99. The van der Waals surface area contributed by atoms with E-state index < -0.39 is 23.5 Å². The van der Waals surface area contributed by atoms with Crippen LogP contribution in [0.1, 0.15) is 47.8 Å². The van der Waals surface area contributed by atoms with Crippen LogP contribution in [-0.2, 0) is 4.79 Å². The number of carbonyl (C=O) groups is 2. The first-order valence-electron chi connectivity index (χ1n) is 9.94. The van der Waals surface area contributed by atoms with Gasteiger partial charge in [-0.05, 0) is 48.7 Å². The van der Waals surface area contributed by atoms with Crippen molar-refractivity contribution in [3.8, 4) is 0 Å². The number of carbonyl (C=O) groups excluding carboxylic acids is 2. The Balaban J connectivity index is 1.61. The number of rotatable bonds is 4. The summed E-state index contributed by atoms with van der Waals surface area (Å²) in [6, 6.07) is 9.51. The van der Waals surface area contributed by atoms with Crippen LogP contribution in [0.5, 0.6) is 0 Å². The lowest BCUT2D eigenvalue weighted by Gasteiger charge is -2.31. The summed E-state index contributed by atoms with van der Waals surface area (Å²) in [7, 11) is 0. The lowest BCUT2D eigenvalue weighted by molar-refractivity contribution is -0.131. The second kappa shape index (κ2) is 7.29. The standard InChI is InChI=1S/C23H19ClN2O4/c24-15-7-8-17-14(10-15)11-18(30-17)21(27)19-20(13-4-3-9-25-12-13)26(23(29)22(19)28)16-5-1-2-6-16/h3-4,7-12,16,20,28H,1-2,5-6H2. The summed E-state index contributed by atoms with van der Waals surface area (Å²) in [4.78, 5) is 32.3. The fourth-order valence-electron chi connectivity index (χ4n) is 4.54. The third-order valence-electron chi connectivity index (χ3n) is 5.91. The molecule has 3 aromatic rings. The monoisotopic (exact) mass is 422 g/mol. The molecule has 2 aliphatic rings. The van der Waals surface area contributed by atoms with Gasteiger partial charge in [0.15, 0.2) is 11.5 Å². The molecule has 1 saturated carbocycles. The van der Waals surface area contributed by atoms with E-state index in [-0.39, 0.29) is 17.4 Å². The summed E-state index contributed by atoms with van der Waals surface area (Å²) >= 11 is 6.04. The van der Waals surface area contributed by atoms with Crippen LogP contribution in [0.4, 0.5) is 0 Å². The zero-order valence-electron chi connectivity index (χ0n) is 16.0. The minimum Gasteiger partial charge on any atom is -0.503 e. The summed E-state index contributed by atoms with van der Waals surface area (Å²) < 4.78 is 5.73. The predicted molar refractivity (Wildman–Crippen MR) is 111 cm³/mol. The van der Waals surface area contributed by atoms with Gasteiger partial charge in [-0.25, -0.2) is 0 Å². The largest absolute Gasteiger partial charge is 0.503 e. The van der Waals surface area contributed by atoms with E-state index in [2.05, 4.69) is 4.98 Å². The molecule has 7 heteroatoms. The highest BCUT2D eigenvalue weighted by Gasteiger charge is 2.47. The first kappa shape index (κ1) is 18.9. The Kier molecular flexibility index (Phi) is 4.59. The summed E-state index contributed by atoms with van der Waals surface area (Å²) in [5.74, 6) is -1.48. The number of pyridine rings is 1. The second-order valence-electron chi connectivity index (χ2n) is 7.72. The normalized spacial score (nSPS) is 20.0.